The summed E-state index contributed by atoms with van der Waals surface area (Å²) in [5.74, 6) is 0. The normalized spacial score (nSPS) is 18.7. The van der Waals surface area contributed by atoms with E-state index in [1.165, 1.54) is 0 Å². The summed E-state index contributed by atoms with van der Waals surface area (Å²) in [5, 5.41) is 11.7. The van der Waals surface area contributed by atoms with Gasteiger partial charge in [0.25, 0.3) is 0 Å². The Morgan fingerprint density at radius 2 is 2.14 bits per heavy atom. The first-order chi connectivity index (χ1) is 6.69. The fraction of sp³-hybridized carbons (Fsp3) is 0.273. The molecule has 1 heterocycles. The molecule has 2 nitrogen and oxygen atoms in total. The number of benzene rings is 1. The van der Waals surface area contributed by atoms with Crippen LogP contribution in [0.1, 0.15) is 18.4 Å². The lowest BCUT2D eigenvalue weighted by atomic mass is 10.1. The molecule has 14 heavy (non-hydrogen) atoms. The van der Waals surface area contributed by atoms with Gasteiger partial charge in [-0.1, -0.05) is 11.6 Å². The van der Waals surface area contributed by atoms with Crippen LogP contribution in [0.15, 0.2) is 24.4 Å². The van der Waals surface area contributed by atoms with E-state index in [0.717, 1.165) is 29.3 Å². The summed E-state index contributed by atoms with van der Waals surface area (Å²) < 4.78 is 0. The quantitative estimate of drug-likeness (QED) is 0.741. The lowest BCUT2D eigenvalue weighted by Gasteiger charge is -2.10. The standard InChI is InChI=1S/C11H10ClNO/c12-9-5-7-1-4-13-10(7)6-8(9)11(14)2-3-11/h1,4-6,13-14H,2-3H2. The highest BCUT2D eigenvalue weighted by Crippen LogP contribution is 2.48. The van der Waals surface area contributed by atoms with Crippen LogP contribution >= 0.6 is 11.6 Å². The van der Waals surface area contributed by atoms with E-state index in [-0.39, 0.29) is 0 Å². The molecule has 0 atom stereocenters. The minimum absolute atomic E-state index is 0.656. The topological polar surface area (TPSA) is 36.0 Å². The number of nitrogens with one attached hydrogen (secondary N) is 1. The van der Waals surface area contributed by atoms with E-state index < -0.39 is 5.60 Å². The molecule has 1 aromatic heterocycles. The summed E-state index contributed by atoms with van der Waals surface area (Å²) in [4.78, 5) is 3.12. The first-order valence-electron chi connectivity index (χ1n) is 4.69. The van der Waals surface area contributed by atoms with E-state index in [4.69, 9.17) is 11.6 Å². The van der Waals surface area contributed by atoms with Crippen molar-refractivity contribution >= 4 is 22.5 Å². The molecule has 1 fully saturated rings. The molecule has 0 spiro atoms. The van der Waals surface area contributed by atoms with Crippen molar-refractivity contribution in [3.05, 3.63) is 35.0 Å². The van der Waals surface area contributed by atoms with Gasteiger partial charge in [0.1, 0.15) is 0 Å². The zero-order valence-electron chi connectivity index (χ0n) is 7.55. The SMILES string of the molecule is OC1(c2cc3[nH]ccc3cc2Cl)CC1. The molecule has 0 bridgehead atoms. The second-order valence-corrected chi connectivity index (χ2v) is 4.34. The zero-order chi connectivity index (χ0) is 9.76. The maximum atomic E-state index is 9.98. The van der Waals surface area contributed by atoms with Crippen LogP contribution in [-0.4, -0.2) is 10.1 Å². The Labute approximate surface area is 86.5 Å². The van der Waals surface area contributed by atoms with E-state index >= 15 is 0 Å². The van der Waals surface area contributed by atoms with Crippen molar-refractivity contribution in [1.82, 2.24) is 4.98 Å². The minimum Gasteiger partial charge on any atom is -0.385 e. The number of rotatable bonds is 1. The van der Waals surface area contributed by atoms with Gasteiger partial charge in [0.15, 0.2) is 0 Å². The van der Waals surface area contributed by atoms with Gasteiger partial charge >= 0.3 is 0 Å². The van der Waals surface area contributed by atoms with E-state index in [9.17, 15) is 5.11 Å². The van der Waals surface area contributed by atoms with Gasteiger partial charge in [-0.3, -0.25) is 0 Å². The van der Waals surface area contributed by atoms with Crippen LogP contribution in [-0.2, 0) is 5.60 Å². The third-order valence-corrected chi connectivity index (χ3v) is 3.18. The Hall–Kier alpha value is -0.990. The van der Waals surface area contributed by atoms with Gasteiger partial charge in [0.05, 0.1) is 5.60 Å². The highest BCUT2D eigenvalue weighted by atomic mass is 35.5. The van der Waals surface area contributed by atoms with E-state index in [1.807, 2.05) is 24.4 Å². The van der Waals surface area contributed by atoms with E-state index in [1.54, 1.807) is 0 Å². The van der Waals surface area contributed by atoms with Crippen molar-refractivity contribution in [1.29, 1.82) is 0 Å². The molecule has 1 saturated carbocycles. The summed E-state index contributed by atoms with van der Waals surface area (Å²) in [6.07, 6.45) is 3.51. The highest BCUT2D eigenvalue weighted by Gasteiger charge is 2.43. The van der Waals surface area contributed by atoms with Gasteiger partial charge in [-0.2, -0.15) is 0 Å². The molecule has 0 unspecified atom stereocenters. The van der Waals surface area contributed by atoms with Gasteiger partial charge < -0.3 is 10.1 Å². The lowest BCUT2D eigenvalue weighted by Crippen LogP contribution is -2.04. The summed E-state index contributed by atoms with van der Waals surface area (Å²) in [7, 11) is 0. The number of fused-ring (bicyclic) bond motifs is 1. The number of aromatic nitrogens is 1. The second-order valence-electron chi connectivity index (χ2n) is 3.93. The molecule has 3 heteroatoms. The van der Waals surface area contributed by atoms with E-state index in [2.05, 4.69) is 4.98 Å². The zero-order valence-corrected chi connectivity index (χ0v) is 8.30. The average molecular weight is 208 g/mol. The number of hydrogen-bond donors (Lipinski definition) is 2. The Bertz CT molecular complexity index is 499. The van der Waals surface area contributed by atoms with Gasteiger partial charge in [-0.25, -0.2) is 0 Å². The number of aromatic amines is 1. The molecule has 0 aliphatic heterocycles. The van der Waals surface area contributed by atoms with Gasteiger partial charge in [-0.15, -0.1) is 0 Å². The molecule has 1 aliphatic rings. The Kier molecular flexibility index (Phi) is 1.50. The third-order valence-electron chi connectivity index (χ3n) is 2.87. The molecule has 2 N–H and O–H groups in total. The summed E-state index contributed by atoms with van der Waals surface area (Å²) in [6.45, 7) is 0. The number of aliphatic hydroxyl groups is 1. The first-order valence-corrected chi connectivity index (χ1v) is 5.06. The van der Waals surface area contributed by atoms with Crippen LogP contribution in [0.5, 0.6) is 0 Å². The van der Waals surface area contributed by atoms with Crippen LogP contribution in [0.2, 0.25) is 5.02 Å². The van der Waals surface area contributed by atoms with Crippen LogP contribution in [0.3, 0.4) is 0 Å². The molecule has 0 amide bonds. The molecule has 3 rings (SSSR count). The van der Waals surface area contributed by atoms with E-state index in [0.29, 0.717) is 5.02 Å². The molecule has 1 aliphatic carbocycles. The predicted molar refractivity (Wildman–Crippen MR) is 56.4 cm³/mol. The highest BCUT2D eigenvalue weighted by molar-refractivity contribution is 6.32. The Morgan fingerprint density at radius 1 is 1.36 bits per heavy atom. The number of halogens is 1. The smallest absolute Gasteiger partial charge is 0.0914 e. The molecule has 0 saturated heterocycles. The first kappa shape index (κ1) is 8.33. The average Bonchev–Trinajstić information content (AvgIpc) is 2.75. The summed E-state index contributed by atoms with van der Waals surface area (Å²) >= 11 is 6.11. The van der Waals surface area contributed by atoms with Gasteiger partial charge in [0.2, 0.25) is 0 Å². The molecule has 2 aromatic rings. The maximum absolute atomic E-state index is 9.98. The molecule has 1 aromatic carbocycles. The third kappa shape index (κ3) is 1.08. The Morgan fingerprint density at radius 3 is 2.86 bits per heavy atom. The Balaban J connectivity index is 2.27. The maximum Gasteiger partial charge on any atom is 0.0914 e. The number of hydrogen-bond acceptors (Lipinski definition) is 1. The van der Waals surface area contributed by atoms with Crippen LogP contribution in [0.4, 0.5) is 0 Å². The fourth-order valence-electron chi connectivity index (χ4n) is 1.82. The van der Waals surface area contributed by atoms with Crippen molar-refractivity contribution in [3.63, 3.8) is 0 Å². The van der Waals surface area contributed by atoms with Crippen molar-refractivity contribution < 1.29 is 5.11 Å². The predicted octanol–water partition coefficient (Wildman–Crippen LogP) is 2.80. The van der Waals surface area contributed by atoms with Crippen molar-refractivity contribution in [2.24, 2.45) is 0 Å². The molecule has 0 radical (unpaired) electrons. The molecule has 72 valence electrons. The van der Waals surface area contributed by atoms with Crippen LogP contribution < -0.4 is 0 Å². The molecular formula is C11H10ClNO. The van der Waals surface area contributed by atoms with Crippen LogP contribution in [0.25, 0.3) is 10.9 Å². The number of H-pyrrole nitrogens is 1. The van der Waals surface area contributed by atoms with Gasteiger partial charge in [-0.05, 0) is 31.0 Å². The van der Waals surface area contributed by atoms with Crippen molar-refractivity contribution in [2.75, 3.05) is 0 Å². The van der Waals surface area contributed by atoms with Crippen LogP contribution in [0, 0.1) is 0 Å². The monoisotopic (exact) mass is 207 g/mol. The summed E-state index contributed by atoms with van der Waals surface area (Å²) in [5.41, 5.74) is 1.23. The van der Waals surface area contributed by atoms with Crippen molar-refractivity contribution in [3.8, 4) is 0 Å². The lowest BCUT2D eigenvalue weighted by molar-refractivity contribution is 0.152. The second kappa shape index (κ2) is 2.53. The minimum atomic E-state index is -0.656. The summed E-state index contributed by atoms with van der Waals surface area (Å²) in [6, 6.07) is 5.83. The fourth-order valence-corrected chi connectivity index (χ4v) is 2.17. The van der Waals surface area contributed by atoms with Crippen molar-refractivity contribution in [2.45, 2.75) is 18.4 Å². The van der Waals surface area contributed by atoms with Gasteiger partial charge in [0, 0.05) is 27.7 Å². The largest absolute Gasteiger partial charge is 0.385 e. The molecular weight excluding hydrogens is 198 g/mol.